The van der Waals surface area contributed by atoms with Crippen molar-refractivity contribution in [3.8, 4) is 0 Å². The summed E-state index contributed by atoms with van der Waals surface area (Å²) in [6.45, 7) is 7.51. The summed E-state index contributed by atoms with van der Waals surface area (Å²) >= 11 is 0. The van der Waals surface area contributed by atoms with Crippen molar-refractivity contribution in [1.29, 1.82) is 0 Å². The molecule has 1 N–H and O–H groups in total. The van der Waals surface area contributed by atoms with Crippen LogP contribution in [-0.2, 0) is 16.4 Å². The maximum absolute atomic E-state index is 11.8. The van der Waals surface area contributed by atoms with Gasteiger partial charge >= 0.3 is 0 Å². The molecule has 2 atom stereocenters. The molecule has 0 aromatic carbocycles. The molecule has 0 spiro atoms. The van der Waals surface area contributed by atoms with Gasteiger partial charge in [0.25, 0.3) is 0 Å². The van der Waals surface area contributed by atoms with Crippen LogP contribution in [0.2, 0.25) is 0 Å². The van der Waals surface area contributed by atoms with Crippen LogP contribution in [0.15, 0.2) is 12.3 Å². The zero-order chi connectivity index (χ0) is 14.5. The molecule has 0 fully saturated rings. The normalized spacial score (nSPS) is 15.4. The molecule has 0 bridgehead atoms. The highest BCUT2D eigenvalue weighted by Crippen LogP contribution is 2.22. The lowest BCUT2D eigenvalue weighted by molar-refractivity contribution is 0.455. The molecule has 19 heavy (non-hydrogen) atoms. The summed E-state index contributed by atoms with van der Waals surface area (Å²) in [5, 5.41) is 7.15. The molecule has 1 rings (SSSR count). The molecule has 0 aliphatic rings. The van der Waals surface area contributed by atoms with Crippen LogP contribution in [0.3, 0.4) is 0 Å². The third kappa shape index (κ3) is 4.31. The molecule has 1 heterocycles. The Bertz CT molecular complexity index is 482. The van der Waals surface area contributed by atoms with Crippen molar-refractivity contribution in [1.82, 2.24) is 15.1 Å². The second-order valence-electron chi connectivity index (χ2n) is 4.95. The highest BCUT2D eigenvalue weighted by atomic mass is 32.2. The minimum Gasteiger partial charge on any atom is -0.308 e. The first-order valence-electron chi connectivity index (χ1n) is 6.85. The maximum atomic E-state index is 11.8. The van der Waals surface area contributed by atoms with Gasteiger partial charge in [-0.25, -0.2) is 8.42 Å². The number of sulfone groups is 1. The van der Waals surface area contributed by atoms with Gasteiger partial charge in [-0.3, -0.25) is 4.68 Å². The lowest BCUT2D eigenvalue weighted by atomic mass is 10.1. The zero-order valence-electron chi connectivity index (χ0n) is 12.3. The standard InChI is InChI=1S/C13H25N3O2S/c1-5-8-14-13(11(3)19(4,17)18)12-7-9-15-16(12)10-6-2/h7,9,11,13-14H,5-6,8,10H2,1-4H3. The Hall–Kier alpha value is -0.880. The summed E-state index contributed by atoms with van der Waals surface area (Å²) in [6.07, 6.45) is 4.97. The van der Waals surface area contributed by atoms with Crippen LogP contribution >= 0.6 is 0 Å². The van der Waals surface area contributed by atoms with Gasteiger partial charge in [-0.15, -0.1) is 0 Å². The number of aryl methyl sites for hydroxylation is 1. The molecule has 0 aliphatic carbocycles. The van der Waals surface area contributed by atoms with Gasteiger partial charge in [0.1, 0.15) is 0 Å². The number of hydrogen-bond donors (Lipinski definition) is 1. The van der Waals surface area contributed by atoms with Gasteiger partial charge in [0.2, 0.25) is 0 Å². The van der Waals surface area contributed by atoms with Gasteiger partial charge in [-0.05, 0) is 32.4 Å². The van der Waals surface area contributed by atoms with E-state index in [1.165, 1.54) is 6.26 Å². The Morgan fingerprint density at radius 1 is 1.37 bits per heavy atom. The first-order chi connectivity index (χ1) is 8.91. The van der Waals surface area contributed by atoms with Crippen molar-refractivity contribution in [2.75, 3.05) is 12.8 Å². The molecule has 2 unspecified atom stereocenters. The van der Waals surface area contributed by atoms with E-state index in [0.29, 0.717) is 0 Å². The van der Waals surface area contributed by atoms with Crippen LogP contribution in [0.25, 0.3) is 0 Å². The Morgan fingerprint density at radius 3 is 2.58 bits per heavy atom. The van der Waals surface area contributed by atoms with Crippen LogP contribution in [0.4, 0.5) is 0 Å². The first kappa shape index (κ1) is 16.2. The molecule has 0 saturated carbocycles. The van der Waals surface area contributed by atoms with Crippen molar-refractivity contribution < 1.29 is 8.42 Å². The Morgan fingerprint density at radius 2 is 2.05 bits per heavy atom. The Kier molecular flexibility index (Phi) is 6.00. The number of hydrogen-bond acceptors (Lipinski definition) is 4. The third-order valence-corrected chi connectivity index (χ3v) is 4.89. The van der Waals surface area contributed by atoms with Crippen LogP contribution in [-0.4, -0.2) is 36.2 Å². The second kappa shape index (κ2) is 7.05. The lowest BCUT2D eigenvalue weighted by Gasteiger charge is -2.25. The summed E-state index contributed by atoms with van der Waals surface area (Å²) in [7, 11) is -3.09. The number of nitrogens with one attached hydrogen (secondary N) is 1. The predicted molar refractivity (Wildman–Crippen MR) is 77.9 cm³/mol. The Labute approximate surface area is 116 Å². The van der Waals surface area contributed by atoms with Gasteiger partial charge in [0.05, 0.1) is 17.0 Å². The van der Waals surface area contributed by atoms with Gasteiger partial charge in [0.15, 0.2) is 9.84 Å². The van der Waals surface area contributed by atoms with E-state index >= 15 is 0 Å². The fourth-order valence-electron chi connectivity index (χ4n) is 2.06. The first-order valence-corrected chi connectivity index (χ1v) is 8.81. The largest absolute Gasteiger partial charge is 0.308 e. The fraction of sp³-hybridized carbons (Fsp3) is 0.769. The molecule has 0 amide bonds. The summed E-state index contributed by atoms with van der Waals surface area (Å²) in [5.41, 5.74) is 0.952. The average Bonchev–Trinajstić information content (AvgIpc) is 2.77. The van der Waals surface area contributed by atoms with Crippen LogP contribution in [0.1, 0.15) is 45.3 Å². The third-order valence-electron chi connectivity index (χ3n) is 3.26. The Balaban J connectivity index is 3.05. The van der Waals surface area contributed by atoms with Crippen molar-refractivity contribution in [3.63, 3.8) is 0 Å². The molecular weight excluding hydrogens is 262 g/mol. The zero-order valence-corrected chi connectivity index (χ0v) is 13.1. The SMILES string of the molecule is CCCNC(c1ccnn1CCC)C(C)S(C)(=O)=O. The van der Waals surface area contributed by atoms with Crippen molar-refractivity contribution in [2.24, 2.45) is 0 Å². The van der Waals surface area contributed by atoms with E-state index in [1.807, 2.05) is 10.7 Å². The molecule has 1 aromatic heterocycles. The quantitative estimate of drug-likeness (QED) is 0.791. The smallest absolute Gasteiger partial charge is 0.151 e. The second-order valence-corrected chi connectivity index (χ2v) is 7.35. The average molecular weight is 287 g/mol. The number of aromatic nitrogens is 2. The van der Waals surface area contributed by atoms with Gasteiger partial charge in [-0.1, -0.05) is 13.8 Å². The topological polar surface area (TPSA) is 64.0 Å². The van der Waals surface area contributed by atoms with Gasteiger partial charge < -0.3 is 5.32 Å². The molecule has 0 aliphatic heterocycles. The van der Waals surface area contributed by atoms with E-state index in [2.05, 4.69) is 24.3 Å². The molecule has 1 aromatic rings. The van der Waals surface area contributed by atoms with E-state index in [1.54, 1.807) is 13.1 Å². The van der Waals surface area contributed by atoms with Crippen LogP contribution in [0, 0.1) is 0 Å². The molecule has 5 nitrogen and oxygen atoms in total. The summed E-state index contributed by atoms with van der Waals surface area (Å²) in [4.78, 5) is 0. The molecule has 110 valence electrons. The van der Waals surface area contributed by atoms with Crippen molar-refractivity contribution in [3.05, 3.63) is 18.0 Å². The minimum absolute atomic E-state index is 0.205. The van der Waals surface area contributed by atoms with Crippen LogP contribution < -0.4 is 5.32 Å². The van der Waals surface area contributed by atoms with Crippen molar-refractivity contribution in [2.45, 2.75) is 51.4 Å². The van der Waals surface area contributed by atoms with E-state index < -0.39 is 15.1 Å². The maximum Gasteiger partial charge on any atom is 0.151 e. The molecule has 0 radical (unpaired) electrons. The van der Waals surface area contributed by atoms with Gasteiger partial charge in [0, 0.05) is 19.0 Å². The van der Waals surface area contributed by atoms with E-state index in [-0.39, 0.29) is 6.04 Å². The highest BCUT2D eigenvalue weighted by Gasteiger charge is 2.29. The van der Waals surface area contributed by atoms with Crippen molar-refractivity contribution >= 4 is 9.84 Å². The van der Waals surface area contributed by atoms with Gasteiger partial charge in [-0.2, -0.15) is 5.10 Å². The van der Waals surface area contributed by atoms with Crippen LogP contribution in [0.5, 0.6) is 0 Å². The highest BCUT2D eigenvalue weighted by molar-refractivity contribution is 7.91. The molecule has 6 heteroatoms. The monoisotopic (exact) mass is 287 g/mol. The summed E-state index contributed by atoms with van der Waals surface area (Å²) in [5.74, 6) is 0. The minimum atomic E-state index is -3.09. The lowest BCUT2D eigenvalue weighted by Crippen LogP contribution is -2.37. The summed E-state index contributed by atoms with van der Waals surface area (Å²) < 4.78 is 25.6. The van der Waals surface area contributed by atoms with E-state index in [4.69, 9.17) is 0 Å². The molecular formula is C13H25N3O2S. The van der Waals surface area contributed by atoms with E-state index in [0.717, 1.165) is 31.6 Å². The van der Waals surface area contributed by atoms with E-state index in [9.17, 15) is 8.42 Å². The fourth-order valence-corrected chi connectivity index (χ4v) is 2.79. The molecule has 0 saturated heterocycles. The predicted octanol–water partition coefficient (Wildman–Crippen LogP) is 1.77. The summed E-state index contributed by atoms with van der Waals surface area (Å²) in [6, 6.07) is 1.70. The number of rotatable bonds is 8. The number of nitrogens with zero attached hydrogens (tertiary/aromatic N) is 2.